The molecule has 21 heavy (non-hydrogen) atoms. The Kier molecular flexibility index (Phi) is 2.99. The van der Waals surface area contributed by atoms with Gasteiger partial charge in [0, 0.05) is 30.2 Å². The normalized spacial score (nSPS) is 24.3. The molecule has 1 aromatic heterocycles. The monoisotopic (exact) mass is 278 g/mol. The SMILES string of the molecule is O=C(/C=C\c1ccnc2ccccc12)N1C[C@H]2CC[C@H]1C2. The number of likely N-dealkylation sites (tertiary alicyclic amines) is 1. The van der Waals surface area contributed by atoms with Crippen LogP contribution in [0.1, 0.15) is 24.8 Å². The van der Waals surface area contributed by atoms with Gasteiger partial charge in [0.25, 0.3) is 0 Å². The fourth-order valence-corrected chi connectivity index (χ4v) is 3.71. The van der Waals surface area contributed by atoms with Gasteiger partial charge in [-0.25, -0.2) is 0 Å². The zero-order chi connectivity index (χ0) is 14.2. The second kappa shape index (κ2) is 4.99. The average molecular weight is 278 g/mol. The number of fused-ring (bicyclic) bond motifs is 3. The number of benzene rings is 1. The van der Waals surface area contributed by atoms with Crippen LogP contribution < -0.4 is 0 Å². The maximum Gasteiger partial charge on any atom is 0.246 e. The molecule has 1 aliphatic heterocycles. The van der Waals surface area contributed by atoms with E-state index in [4.69, 9.17) is 0 Å². The number of hydrogen-bond acceptors (Lipinski definition) is 2. The van der Waals surface area contributed by atoms with E-state index >= 15 is 0 Å². The number of para-hydroxylation sites is 1. The molecular weight excluding hydrogens is 260 g/mol. The highest BCUT2D eigenvalue weighted by molar-refractivity contribution is 5.96. The Hall–Kier alpha value is -2.16. The molecule has 3 nitrogen and oxygen atoms in total. The summed E-state index contributed by atoms with van der Waals surface area (Å²) in [7, 11) is 0. The topological polar surface area (TPSA) is 33.2 Å². The number of aromatic nitrogens is 1. The molecule has 0 N–H and O–H groups in total. The second-order valence-electron chi connectivity index (χ2n) is 6.07. The molecule has 1 saturated carbocycles. The summed E-state index contributed by atoms with van der Waals surface area (Å²) in [6.45, 7) is 0.949. The number of carbonyl (C=O) groups excluding carboxylic acids is 1. The van der Waals surface area contributed by atoms with E-state index in [0.29, 0.717) is 6.04 Å². The highest BCUT2D eigenvalue weighted by Crippen LogP contribution is 2.37. The van der Waals surface area contributed by atoms with Crippen LogP contribution in [-0.2, 0) is 4.79 Å². The van der Waals surface area contributed by atoms with Crippen molar-refractivity contribution in [2.75, 3.05) is 6.54 Å². The summed E-state index contributed by atoms with van der Waals surface area (Å²) in [4.78, 5) is 18.8. The number of amides is 1. The predicted molar refractivity (Wildman–Crippen MR) is 83.6 cm³/mol. The summed E-state index contributed by atoms with van der Waals surface area (Å²) in [5, 5.41) is 1.09. The van der Waals surface area contributed by atoms with E-state index in [1.54, 1.807) is 12.3 Å². The van der Waals surface area contributed by atoms with Gasteiger partial charge in [0.15, 0.2) is 0 Å². The minimum atomic E-state index is 0.156. The Balaban J connectivity index is 1.58. The molecule has 2 aliphatic rings. The summed E-state index contributed by atoms with van der Waals surface area (Å²) in [5.41, 5.74) is 2.02. The molecule has 4 rings (SSSR count). The second-order valence-corrected chi connectivity index (χ2v) is 6.07. The van der Waals surface area contributed by atoms with Crippen LogP contribution in [-0.4, -0.2) is 28.4 Å². The number of rotatable bonds is 2. The van der Waals surface area contributed by atoms with Crippen LogP contribution in [0.25, 0.3) is 17.0 Å². The van der Waals surface area contributed by atoms with Gasteiger partial charge in [-0.3, -0.25) is 9.78 Å². The number of hydrogen-bond donors (Lipinski definition) is 0. The van der Waals surface area contributed by atoms with Gasteiger partial charge in [-0.1, -0.05) is 18.2 Å². The van der Waals surface area contributed by atoms with Gasteiger partial charge in [-0.05, 0) is 49.0 Å². The van der Waals surface area contributed by atoms with Crippen molar-refractivity contribution in [2.24, 2.45) is 5.92 Å². The van der Waals surface area contributed by atoms with Gasteiger partial charge in [0.2, 0.25) is 5.91 Å². The Morgan fingerprint density at radius 1 is 1.24 bits per heavy atom. The van der Waals surface area contributed by atoms with Crippen LogP contribution in [0.15, 0.2) is 42.6 Å². The number of piperidine rings is 1. The summed E-state index contributed by atoms with van der Waals surface area (Å²) in [6.07, 6.45) is 9.14. The third kappa shape index (κ3) is 2.23. The van der Waals surface area contributed by atoms with E-state index < -0.39 is 0 Å². The highest BCUT2D eigenvalue weighted by Gasteiger charge is 2.39. The lowest BCUT2D eigenvalue weighted by Crippen LogP contribution is -2.36. The van der Waals surface area contributed by atoms with Crippen LogP contribution in [0, 0.1) is 5.92 Å². The van der Waals surface area contributed by atoms with Gasteiger partial charge in [0.1, 0.15) is 0 Å². The first-order valence-electron chi connectivity index (χ1n) is 7.64. The highest BCUT2D eigenvalue weighted by atomic mass is 16.2. The van der Waals surface area contributed by atoms with Gasteiger partial charge >= 0.3 is 0 Å². The third-order valence-electron chi connectivity index (χ3n) is 4.78. The summed E-state index contributed by atoms with van der Waals surface area (Å²) in [6, 6.07) is 10.5. The number of carbonyl (C=O) groups is 1. The number of nitrogens with zero attached hydrogens (tertiary/aromatic N) is 2. The molecule has 0 radical (unpaired) electrons. The first kappa shape index (κ1) is 12.6. The van der Waals surface area contributed by atoms with E-state index in [0.717, 1.165) is 28.9 Å². The largest absolute Gasteiger partial charge is 0.336 e. The molecule has 106 valence electrons. The van der Waals surface area contributed by atoms with Crippen LogP contribution in [0.4, 0.5) is 0 Å². The van der Waals surface area contributed by atoms with Crippen molar-refractivity contribution in [3.8, 4) is 0 Å². The van der Waals surface area contributed by atoms with E-state index in [1.165, 1.54) is 19.3 Å². The molecule has 1 aromatic carbocycles. The molecule has 2 bridgehead atoms. The van der Waals surface area contributed by atoms with Gasteiger partial charge < -0.3 is 4.90 Å². The Morgan fingerprint density at radius 2 is 2.14 bits per heavy atom. The van der Waals surface area contributed by atoms with Crippen LogP contribution >= 0.6 is 0 Å². The lowest BCUT2D eigenvalue weighted by Gasteiger charge is -2.25. The average Bonchev–Trinajstić information content (AvgIpc) is 3.15. The summed E-state index contributed by atoms with van der Waals surface area (Å²) < 4.78 is 0. The standard InChI is InChI=1S/C18H18N2O/c21-18(20-12-13-5-7-15(20)11-13)8-6-14-9-10-19-17-4-2-1-3-16(14)17/h1-4,6,8-10,13,15H,5,7,11-12H2/b8-6-/t13-,15-/m0/s1. The molecule has 2 heterocycles. The minimum absolute atomic E-state index is 0.156. The fourth-order valence-electron chi connectivity index (χ4n) is 3.71. The van der Waals surface area contributed by atoms with Crippen molar-refractivity contribution < 1.29 is 4.79 Å². The van der Waals surface area contributed by atoms with Gasteiger partial charge in [0.05, 0.1) is 5.52 Å². The zero-order valence-corrected chi connectivity index (χ0v) is 11.9. The van der Waals surface area contributed by atoms with E-state index in [1.807, 2.05) is 41.3 Å². The minimum Gasteiger partial charge on any atom is -0.336 e. The fraction of sp³-hybridized carbons (Fsp3) is 0.333. The van der Waals surface area contributed by atoms with Crippen molar-refractivity contribution >= 4 is 22.9 Å². The van der Waals surface area contributed by atoms with Crippen molar-refractivity contribution in [1.82, 2.24) is 9.88 Å². The molecule has 2 aromatic rings. The van der Waals surface area contributed by atoms with Crippen molar-refractivity contribution in [3.63, 3.8) is 0 Å². The van der Waals surface area contributed by atoms with Crippen LogP contribution in [0.3, 0.4) is 0 Å². The molecule has 0 unspecified atom stereocenters. The van der Waals surface area contributed by atoms with E-state index in [-0.39, 0.29) is 5.91 Å². The van der Waals surface area contributed by atoms with Crippen molar-refractivity contribution in [3.05, 3.63) is 48.2 Å². The Labute approximate surface area is 124 Å². The Bertz CT molecular complexity index is 717. The lowest BCUT2D eigenvalue weighted by atomic mass is 10.1. The maximum absolute atomic E-state index is 12.4. The quantitative estimate of drug-likeness (QED) is 0.790. The van der Waals surface area contributed by atoms with Crippen molar-refractivity contribution in [1.29, 1.82) is 0 Å². The molecule has 1 aliphatic carbocycles. The first-order valence-corrected chi connectivity index (χ1v) is 7.64. The summed E-state index contributed by atoms with van der Waals surface area (Å²) in [5.74, 6) is 0.900. The maximum atomic E-state index is 12.4. The predicted octanol–water partition coefficient (Wildman–Crippen LogP) is 3.26. The molecule has 0 spiro atoms. The molecular formula is C18H18N2O. The molecule has 2 fully saturated rings. The number of pyridine rings is 1. The summed E-state index contributed by atoms with van der Waals surface area (Å²) >= 11 is 0. The molecule has 2 atom stereocenters. The van der Waals surface area contributed by atoms with Crippen molar-refractivity contribution in [2.45, 2.75) is 25.3 Å². The molecule has 1 amide bonds. The van der Waals surface area contributed by atoms with E-state index in [2.05, 4.69) is 4.98 Å². The Morgan fingerprint density at radius 3 is 2.95 bits per heavy atom. The first-order chi connectivity index (χ1) is 10.3. The molecule has 1 saturated heterocycles. The van der Waals surface area contributed by atoms with E-state index in [9.17, 15) is 4.79 Å². The zero-order valence-electron chi connectivity index (χ0n) is 11.9. The third-order valence-corrected chi connectivity index (χ3v) is 4.78. The smallest absolute Gasteiger partial charge is 0.246 e. The van der Waals surface area contributed by atoms with Gasteiger partial charge in [-0.2, -0.15) is 0 Å². The van der Waals surface area contributed by atoms with Gasteiger partial charge in [-0.15, -0.1) is 0 Å². The van der Waals surface area contributed by atoms with Crippen LogP contribution in [0.5, 0.6) is 0 Å². The lowest BCUT2D eigenvalue weighted by molar-refractivity contribution is -0.127. The molecule has 3 heteroatoms. The van der Waals surface area contributed by atoms with Crippen LogP contribution in [0.2, 0.25) is 0 Å².